The van der Waals surface area contributed by atoms with Gasteiger partial charge in [0.05, 0.1) is 12.3 Å². The van der Waals surface area contributed by atoms with Crippen molar-refractivity contribution in [2.24, 2.45) is 0 Å². The Labute approximate surface area is 204 Å². The van der Waals surface area contributed by atoms with E-state index in [1.807, 2.05) is 48.5 Å². The average molecular weight is 475 g/mol. The van der Waals surface area contributed by atoms with Gasteiger partial charge in [0.15, 0.2) is 0 Å². The van der Waals surface area contributed by atoms with E-state index in [4.69, 9.17) is 30.8 Å². The molecule has 0 saturated carbocycles. The molecule has 34 heavy (non-hydrogen) atoms. The van der Waals surface area contributed by atoms with Crippen molar-refractivity contribution in [1.29, 1.82) is 0 Å². The Kier molecular flexibility index (Phi) is 6.57. The smallest absolute Gasteiger partial charge is 0.127 e. The van der Waals surface area contributed by atoms with Gasteiger partial charge in [-0.3, -0.25) is 0 Å². The maximum atomic E-state index is 5.96. The van der Waals surface area contributed by atoms with Crippen molar-refractivity contribution in [1.82, 2.24) is 9.55 Å². The molecule has 1 fully saturated rings. The lowest BCUT2D eigenvalue weighted by Crippen LogP contribution is -2.04. The fourth-order valence-corrected chi connectivity index (χ4v) is 3.79. The minimum atomic E-state index is 0.247. The van der Waals surface area contributed by atoms with Gasteiger partial charge in [0.25, 0.3) is 0 Å². The monoisotopic (exact) mass is 474 g/mol. The first-order chi connectivity index (χ1) is 16.6. The van der Waals surface area contributed by atoms with E-state index in [1.165, 1.54) is 0 Å². The zero-order valence-electron chi connectivity index (χ0n) is 19.3. The first-order valence-electron chi connectivity index (χ1n) is 11.6. The van der Waals surface area contributed by atoms with E-state index >= 15 is 0 Å². The standard InChI is InChI=1S/C28H27ClN2O3/c1-3-19(2)28-30-27(20-4-10-23(11-5-20)32-17-26-18-33-26)16-31(28)22-8-14-25(15-9-22)34-24-12-6-21(29)7-13-24/h4-16,19,26H,3,17-18H2,1-2H3/t19?,26-/m1/s1. The van der Waals surface area contributed by atoms with Gasteiger partial charge >= 0.3 is 0 Å². The topological polar surface area (TPSA) is 48.8 Å². The van der Waals surface area contributed by atoms with Gasteiger partial charge in [0.2, 0.25) is 0 Å². The predicted molar refractivity (Wildman–Crippen MR) is 134 cm³/mol. The summed E-state index contributed by atoms with van der Waals surface area (Å²) >= 11 is 5.96. The molecule has 1 saturated heterocycles. The van der Waals surface area contributed by atoms with Crippen molar-refractivity contribution in [2.45, 2.75) is 32.3 Å². The van der Waals surface area contributed by atoms with E-state index in [2.05, 4.69) is 48.9 Å². The van der Waals surface area contributed by atoms with Crippen LogP contribution in [-0.4, -0.2) is 28.9 Å². The number of rotatable bonds is 9. The van der Waals surface area contributed by atoms with Gasteiger partial charge in [-0.25, -0.2) is 4.98 Å². The second kappa shape index (κ2) is 9.92. The molecular formula is C28H27ClN2O3. The van der Waals surface area contributed by atoms with Crippen molar-refractivity contribution in [2.75, 3.05) is 13.2 Å². The maximum Gasteiger partial charge on any atom is 0.127 e. The summed E-state index contributed by atoms with van der Waals surface area (Å²) in [6, 6.07) is 23.5. The molecule has 0 radical (unpaired) electrons. The summed E-state index contributed by atoms with van der Waals surface area (Å²) < 4.78 is 19.1. The van der Waals surface area contributed by atoms with E-state index in [9.17, 15) is 0 Å². The molecule has 3 aromatic carbocycles. The molecule has 1 aromatic heterocycles. The number of benzene rings is 3. The second-order valence-corrected chi connectivity index (χ2v) is 8.94. The van der Waals surface area contributed by atoms with Crippen molar-refractivity contribution in [3.05, 3.63) is 89.8 Å². The quantitative estimate of drug-likeness (QED) is 0.239. The Morgan fingerprint density at radius 2 is 1.59 bits per heavy atom. The Hall–Kier alpha value is -3.28. The van der Waals surface area contributed by atoms with Crippen LogP contribution in [0.15, 0.2) is 79.0 Å². The van der Waals surface area contributed by atoms with Crippen LogP contribution in [0.4, 0.5) is 0 Å². The number of ether oxygens (including phenoxy) is 3. The molecule has 5 rings (SSSR count). The predicted octanol–water partition coefficient (Wildman–Crippen LogP) is 7.28. The molecule has 0 spiro atoms. The first-order valence-corrected chi connectivity index (χ1v) is 11.9. The molecule has 0 N–H and O–H groups in total. The molecule has 2 atom stereocenters. The number of hydrogen-bond donors (Lipinski definition) is 0. The van der Waals surface area contributed by atoms with Crippen LogP contribution in [0.3, 0.4) is 0 Å². The third-order valence-electron chi connectivity index (χ3n) is 5.94. The van der Waals surface area contributed by atoms with Crippen LogP contribution in [0.25, 0.3) is 16.9 Å². The second-order valence-electron chi connectivity index (χ2n) is 8.50. The molecule has 6 heteroatoms. The van der Waals surface area contributed by atoms with Crippen molar-refractivity contribution in [3.8, 4) is 34.2 Å². The van der Waals surface area contributed by atoms with Crippen molar-refractivity contribution >= 4 is 11.6 Å². The van der Waals surface area contributed by atoms with Gasteiger partial charge in [-0.2, -0.15) is 0 Å². The highest BCUT2D eigenvalue weighted by molar-refractivity contribution is 6.30. The lowest BCUT2D eigenvalue weighted by molar-refractivity contribution is 0.263. The van der Waals surface area contributed by atoms with E-state index in [0.29, 0.717) is 17.5 Å². The normalized spacial score (nSPS) is 15.7. The summed E-state index contributed by atoms with van der Waals surface area (Å²) in [6.45, 7) is 5.78. The van der Waals surface area contributed by atoms with Crippen LogP contribution in [0.2, 0.25) is 5.02 Å². The molecule has 1 unspecified atom stereocenters. The minimum absolute atomic E-state index is 0.247. The molecule has 1 aliphatic rings. The number of aromatic nitrogens is 2. The average Bonchev–Trinajstić information content (AvgIpc) is 3.60. The zero-order valence-corrected chi connectivity index (χ0v) is 20.0. The molecule has 174 valence electrons. The highest BCUT2D eigenvalue weighted by Crippen LogP contribution is 2.30. The number of hydrogen-bond acceptors (Lipinski definition) is 4. The summed E-state index contributed by atoms with van der Waals surface area (Å²) in [6.07, 6.45) is 3.35. The van der Waals surface area contributed by atoms with E-state index in [-0.39, 0.29) is 6.10 Å². The Bertz CT molecular complexity index is 1230. The van der Waals surface area contributed by atoms with Crippen LogP contribution < -0.4 is 9.47 Å². The minimum Gasteiger partial charge on any atom is -0.491 e. The van der Waals surface area contributed by atoms with Crippen LogP contribution >= 0.6 is 11.6 Å². The molecule has 0 amide bonds. The lowest BCUT2D eigenvalue weighted by Gasteiger charge is -2.13. The summed E-state index contributed by atoms with van der Waals surface area (Å²) in [5.41, 5.74) is 3.04. The Morgan fingerprint density at radius 1 is 0.971 bits per heavy atom. The highest BCUT2D eigenvalue weighted by atomic mass is 35.5. The van der Waals surface area contributed by atoms with Crippen molar-refractivity contribution < 1.29 is 14.2 Å². The molecule has 4 aromatic rings. The van der Waals surface area contributed by atoms with E-state index in [0.717, 1.165) is 53.0 Å². The van der Waals surface area contributed by atoms with E-state index in [1.54, 1.807) is 0 Å². The SMILES string of the molecule is CCC(C)c1nc(-c2ccc(OC[C@@H]3CO3)cc2)cn1-c1ccc(Oc2ccc(Cl)cc2)cc1. The van der Waals surface area contributed by atoms with Crippen LogP contribution in [0.1, 0.15) is 32.0 Å². The van der Waals surface area contributed by atoms with E-state index < -0.39 is 0 Å². The summed E-state index contributed by atoms with van der Waals surface area (Å²) in [7, 11) is 0. The molecule has 1 aliphatic heterocycles. The highest BCUT2D eigenvalue weighted by Gasteiger charge is 2.23. The fraction of sp³-hybridized carbons (Fsp3) is 0.250. The Balaban J connectivity index is 1.37. The molecular weight excluding hydrogens is 448 g/mol. The van der Waals surface area contributed by atoms with Crippen LogP contribution in [-0.2, 0) is 4.74 Å². The van der Waals surface area contributed by atoms with Gasteiger partial charge in [-0.15, -0.1) is 0 Å². The fourth-order valence-electron chi connectivity index (χ4n) is 3.66. The largest absolute Gasteiger partial charge is 0.491 e. The molecule has 0 aliphatic carbocycles. The summed E-state index contributed by atoms with van der Waals surface area (Å²) in [5, 5.41) is 0.686. The number of nitrogens with zero attached hydrogens (tertiary/aromatic N) is 2. The third-order valence-corrected chi connectivity index (χ3v) is 6.19. The maximum absolute atomic E-state index is 5.96. The first kappa shape index (κ1) is 22.5. The molecule has 5 nitrogen and oxygen atoms in total. The lowest BCUT2D eigenvalue weighted by atomic mass is 10.1. The van der Waals surface area contributed by atoms with Gasteiger partial charge in [-0.1, -0.05) is 25.4 Å². The summed E-state index contributed by atoms with van der Waals surface area (Å²) in [4.78, 5) is 5.00. The Morgan fingerprint density at radius 3 is 2.21 bits per heavy atom. The zero-order chi connectivity index (χ0) is 23.5. The van der Waals surface area contributed by atoms with Gasteiger partial charge < -0.3 is 18.8 Å². The van der Waals surface area contributed by atoms with Gasteiger partial charge in [0.1, 0.15) is 35.8 Å². The number of imidazole rings is 1. The molecule has 2 heterocycles. The van der Waals surface area contributed by atoms with Crippen LogP contribution in [0.5, 0.6) is 17.2 Å². The van der Waals surface area contributed by atoms with Gasteiger partial charge in [0, 0.05) is 28.4 Å². The third kappa shape index (κ3) is 5.27. The van der Waals surface area contributed by atoms with Gasteiger partial charge in [-0.05, 0) is 79.2 Å². The number of epoxide rings is 1. The summed E-state index contributed by atoms with van der Waals surface area (Å²) in [5.74, 6) is 3.72. The molecule has 0 bridgehead atoms. The van der Waals surface area contributed by atoms with Crippen LogP contribution in [0, 0.1) is 0 Å². The number of halogens is 1. The van der Waals surface area contributed by atoms with Crippen molar-refractivity contribution in [3.63, 3.8) is 0 Å².